The van der Waals surface area contributed by atoms with E-state index in [1.807, 2.05) is 0 Å². The van der Waals surface area contributed by atoms with Crippen molar-refractivity contribution in [2.45, 2.75) is 62.4 Å². The molecule has 2 heterocycles. The number of nitrogens with one attached hydrogen (secondary N) is 3. The summed E-state index contributed by atoms with van der Waals surface area (Å²) in [5.74, 6) is 0.0578. The van der Waals surface area contributed by atoms with Crippen molar-refractivity contribution >= 4 is 17.8 Å². The lowest BCUT2D eigenvalue weighted by molar-refractivity contribution is 0.00871. The van der Waals surface area contributed by atoms with Crippen LogP contribution in [0.4, 0.5) is 23.8 Å². The molecular formula is C21H25F3N6O4. The molecule has 0 radical (unpaired) electrons. The first-order chi connectivity index (χ1) is 16.2. The Morgan fingerprint density at radius 2 is 2.09 bits per heavy atom. The number of aromatic amines is 1. The zero-order valence-corrected chi connectivity index (χ0v) is 18.4. The van der Waals surface area contributed by atoms with Crippen molar-refractivity contribution in [3.63, 3.8) is 0 Å². The summed E-state index contributed by atoms with van der Waals surface area (Å²) in [6.07, 6.45) is -2.84. The van der Waals surface area contributed by atoms with Gasteiger partial charge in [-0.15, -0.1) is 0 Å². The fraction of sp³-hybridized carbons (Fsp3) is 0.619. The first kappa shape index (κ1) is 22.7. The van der Waals surface area contributed by atoms with Crippen LogP contribution in [-0.4, -0.2) is 62.8 Å². The number of nitrogens with zero attached hydrogens (tertiary/aromatic N) is 3. The molecule has 0 saturated heterocycles. The van der Waals surface area contributed by atoms with Crippen LogP contribution in [0.15, 0.2) is 12.1 Å². The number of hydrogen-bond acceptors (Lipinski definition) is 6. The molecule has 0 aliphatic heterocycles. The second-order valence-electron chi connectivity index (χ2n) is 9.23. The van der Waals surface area contributed by atoms with E-state index < -0.39 is 37.3 Å². The summed E-state index contributed by atoms with van der Waals surface area (Å²) in [6, 6.07) is 3.05. The SMILES string of the molecule is Cn1nc(COCC(F)F)cc1C(=O)Nc1cc(C2CC(F)C(OC(=O)NC34CC3C4)C2)[nH]n1. The number of alkyl carbamates (subject to hydrolysis) is 1. The summed E-state index contributed by atoms with van der Waals surface area (Å²) >= 11 is 0. The van der Waals surface area contributed by atoms with Crippen molar-refractivity contribution in [2.24, 2.45) is 13.0 Å². The number of fused-ring (bicyclic) bond motifs is 1. The molecule has 0 bridgehead atoms. The number of rotatable bonds is 9. The Morgan fingerprint density at radius 3 is 2.79 bits per heavy atom. The standard InChI is InChI=1S/C21H25F3N6O4/c1-30-15(4-12(29-30)8-33-9-17(23)24)19(31)25-18-5-14(27-28-18)10-2-13(22)16(3-10)34-20(32)26-21-6-11(21)7-21/h4-5,10-11,13,16-17H,2-3,6-9H2,1H3,(H,26,32)(H2,25,27,28,31). The predicted octanol–water partition coefficient (Wildman–Crippen LogP) is 2.65. The van der Waals surface area contributed by atoms with Crippen molar-refractivity contribution < 1.29 is 32.2 Å². The molecule has 184 valence electrons. The van der Waals surface area contributed by atoms with Gasteiger partial charge < -0.3 is 20.1 Å². The summed E-state index contributed by atoms with van der Waals surface area (Å²) < 4.78 is 50.3. The van der Waals surface area contributed by atoms with Crippen molar-refractivity contribution in [3.8, 4) is 0 Å². The van der Waals surface area contributed by atoms with E-state index in [4.69, 9.17) is 9.47 Å². The van der Waals surface area contributed by atoms with E-state index in [2.05, 4.69) is 25.9 Å². The molecule has 3 fully saturated rings. The Kier molecular flexibility index (Phi) is 5.74. The zero-order valence-electron chi connectivity index (χ0n) is 18.4. The van der Waals surface area contributed by atoms with Gasteiger partial charge in [0.05, 0.1) is 12.3 Å². The molecule has 3 N–H and O–H groups in total. The minimum absolute atomic E-state index is 0.0785. The maximum absolute atomic E-state index is 14.5. The molecule has 3 atom stereocenters. The van der Waals surface area contributed by atoms with Gasteiger partial charge in [-0.2, -0.15) is 10.2 Å². The van der Waals surface area contributed by atoms with Crippen LogP contribution >= 0.6 is 0 Å². The Labute approximate surface area is 192 Å². The van der Waals surface area contributed by atoms with Crippen LogP contribution in [-0.2, 0) is 23.1 Å². The Bertz CT molecular complexity index is 1080. The average molecular weight is 482 g/mol. The fourth-order valence-electron chi connectivity index (χ4n) is 4.45. The molecule has 2 aromatic heterocycles. The van der Waals surface area contributed by atoms with Gasteiger partial charge in [-0.3, -0.25) is 14.6 Å². The smallest absolute Gasteiger partial charge is 0.407 e. The zero-order chi connectivity index (χ0) is 24.0. The minimum Gasteiger partial charge on any atom is -0.443 e. The number of hydrogen-bond donors (Lipinski definition) is 3. The van der Waals surface area contributed by atoms with E-state index in [0.29, 0.717) is 23.7 Å². The van der Waals surface area contributed by atoms with E-state index in [1.165, 1.54) is 10.7 Å². The molecule has 0 aromatic carbocycles. The highest BCUT2D eigenvalue weighted by molar-refractivity contribution is 6.02. The van der Waals surface area contributed by atoms with Gasteiger partial charge in [0.25, 0.3) is 12.3 Å². The lowest BCUT2D eigenvalue weighted by Gasteiger charge is -2.15. The highest BCUT2D eigenvalue weighted by Crippen LogP contribution is 2.66. The molecule has 0 spiro atoms. The van der Waals surface area contributed by atoms with Crippen LogP contribution in [0.25, 0.3) is 0 Å². The molecule has 3 saturated carbocycles. The van der Waals surface area contributed by atoms with Crippen molar-refractivity contribution in [1.82, 2.24) is 25.3 Å². The number of halogens is 3. The van der Waals surface area contributed by atoms with Gasteiger partial charge in [-0.25, -0.2) is 18.0 Å². The molecule has 3 unspecified atom stereocenters. The van der Waals surface area contributed by atoms with E-state index in [0.717, 1.165) is 12.8 Å². The Morgan fingerprint density at radius 1 is 1.32 bits per heavy atom. The van der Waals surface area contributed by atoms with Crippen molar-refractivity contribution in [3.05, 3.63) is 29.2 Å². The number of aromatic nitrogens is 4. The molecule has 3 aliphatic rings. The number of aryl methyl sites for hydroxylation is 1. The van der Waals surface area contributed by atoms with Gasteiger partial charge in [0.15, 0.2) is 5.82 Å². The number of carbonyl (C=O) groups is 2. The molecular weight excluding hydrogens is 457 g/mol. The second kappa shape index (κ2) is 8.60. The number of amides is 2. The molecule has 3 aliphatic carbocycles. The average Bonchev–Trinajstić information content (AvgIpc) is 3.32. The minimum atomic E-state index is -2.58. The first-order valence-electron chi connectivity index (χ1n) is 11.1. The van der Waals surface area contributed by atoms with Gasteiger partial charge in [-0.1, -0.05) is 0 Å². The number of anilines is 1. The van der Waals surface area contributed by atoms with Crippen LogP contribution in [0.2, 0.25) is 0 Å². The third-order valence-electron chi connectivity index (χ3n) is 6.66. The van der Waals surface area contributed by atoms with Crippen molar-refractivity contribution in [1.29, 1.82) is 0 Å². The van der Waals surface area contributed by atoms with Gasteiger partial charge in [0.1, 0.15) is 24.6 Å². The molecule has 34 heavy (non-hydrogen) atoms. The third kappa shape index (κ3) is 4.74. The summed E-state index contributed by atoms with van der Waals surface area (Å²) in [5, 5.41) is 16.4. The maximum atomic E-state index is 14.5. The fourth-order valence-corrected chi connectivity index (χ4v) is 4.45. The summed E-state index contributed by atoms with van der Waals surface area (Å²) in [6.45, 7) is -0.861. The normalized spacial score (nSPS) is 29.1. The van der Waals surface area contributed by atoms with Crippen LogP contribution < -0.4 is 10.6 Å². The van der Waals surface area contributed by atoms with Crippen molar-refractivity contribution in [2.75, 3.05) is 11.9 Å². The van der Waals surface area contributed by atoms with E-state index in [9.17, 15) is 22.8 Å². The van der Waals surface area contributed by atoms with Gasteiger partial charge in [0, 0.05) is 30.3 Å². The van der Waals surface area contributed by atoms with Crippen LogP contribution in [0.3, 0.4) is 0 Å². The van der Waals surface area contributed by atoms with E-state index in [1.54, 1.807) is 13.1 Å². The van der Waals surface area contributed by atoms with Crippen LogP contribution in [0.1, 0.15) is 53.5 Å². The van der Waals surface area contributed by atoms with E-state index in [-0.39, 0.29) is 36.0 Å². The summed E-state index contributed by atoms with van der Waals surface area (Å²) in [7, 11) is 1.55. The topological polar surface area (TPSA) is 123 Å². The number of H-pyrrole nitrogens is 1. The number of carbonyl (C=O) groups excluding carboxylic acids is 2. The quantitative estimate of drug-likeness (QED) is 0.505. The number of ether oxygens (including phenoxy) is 2. The lowest BCUT2D eigenvalue weighted by Crippen LogP contribution is -2.35. The molecule has 13 heteroatoms. The van der Waals surface area contributed by atoms with Gasteiger partial charge >= 0.3 is 6.09 Å². The molecule has 10 nitrogen and oxygen atoms in total. The maximum Gasteiger partial charge on any atom is 0.407 e. The number of alkyl halides is 3. The van der Waals surface area contributed by atoms with E-state index >= 15 is 0 Å². The van der Waals surface area contributed by atoms with Gasteiger partial charge in [0.2, 0.25) is 0 Å². The van der Waals surface area contributed by atoms with Crippen LogP contribution in [0, 0.1) is 5.92 Å². The molecule has 2 amide bonds. The Hall–Kier alpha value is -3.09. The largest absolute Gasteiger partial charge is 0.443 e. The highest BCUT2D eigenvalue weighted by atomic mass is 19.3. The third-order valence-corrected chi connectivity index (χ3v) is 6.66. The molecule has 5 rings (SSSR count). The summed E-state index contributed by atoms with van der Waals surface area (Å²) in [4.78, 5) is 24.6. The monoisotopic (exact) mass is 482 g/mol. The van der Waals surface area contributed by atoms with Gasteiger partial charge in [-0.05, 0) is 37.7 Å². The highest BCUT2D eigenvalue weighted by Gasteiger charge is 2.71. The van der Waals surface area contributed by atoms with Crippen LogP contribution in [0.5, 0.6) is 0 Å². The first-order valence-corrected chi connectivity index (χ1v) is 11.1. The second-order valence-corrected chi connectivity index (χ2v) is 9.23. The predicted molar refractivity (Wildman–Crippen MR) is 111 cm³/mol. The lowest BCUT2D eigenvalue weighted by atomic mass is 10.0. The molecule has 2 aromatic rings. The Balaban J connectivity index is 1.14. The summed E-state index contributed by atoms with van der Waals surface area (Å²) in [5.41, 5.74) is 1.07.